The topological polar surface area (TPSA) is 164 Å². The van der Waals surface area contributed by atoms with Crippen LogP contribution in [0.15, 0.2) is 25.6 Å². The summed E-state index contributed by atoms with van der Waals surface area (Å²) >= 11 is 3.27. The van der Waals surface area contributed by atoms with Crippen LogP contribution in [-0.4, -0.2) is 39.6 Å². The number of azo groups is 1. The van der Waals surface area contributed by atoms with Crippen molar-refractivity contribution in [1.29, 1.82) is 10.5 Å². The first-order valence-electron chi connectivity index (χ1n) is 10.4. The largest absolute Gasteiger partial charge is 0.492 e. The van der Waals surface area contributed by atoms with Crippen LogP contribution in [0, 0.1) is 29.6 Å². The van der Waals surface area contributed by atoms with Crippen LogP contribution < -0.4 is 11.0 Å². The maximum Gasteiger partial charge on any atom is 0.290 e. The van der Waals surface area contributed by atoms with E-state index in [0.29, 0.717) is 13.0 Å². The van der Waals surface area contributed by atoms with Crippen molar-refractivity contribution in [2.75, 3.05) is 18.5 Å². The van der Waals surface area contributed by atoms with E-state index in [2.05, 4.69) is 31.6 Å². The molecule has 2 heterocycles. The van der Waals surface area contributed by atoms with Gasteiger partial charge in [-0.2, -0.15) is 15.2 Å². The van der Waals surface area contributed by atoms with Gasteiger partial charge in [0.25, 0.3) is 17.4 Å². The number of carbonyl (C=O) groups is 2. The number of imide groups is 1. The van der Waals surface area contributed by atoms with E-state index >= 15 is 0 Å². The lowest BCUT2D eigenvalue weighted by Gasteiger charge is -2.14. The van der Waals surface area contributed by atoms with Crippen molar-refractivity contribution in [3.8, 4) is 18.0 Å². The van der Waals surface area contributed by atoms with Gasteiger partial charge in [0.05, 0.1) is 21.2 Å². The van der Waals surface area contributed by atoms with E-state index in [1.807, 2.05) is 19.1 Å². The van der Waals surface area contributed by atoms with E-state index in [1.54, 1.807) is 6.92 Å². The number of unbranched alkanes of at least 4 members (excludes halogenated alkanes) is 1. The summed E-state index contributed by atoms with van der Waals surface area (Å²) in [5, 5.41) is 37.9. The Hall–Kier alpha value is -4.03. The molecule has 3 rings (SSSR count). The lowest BCUT2D eigenvalue weighted by molar-refractivity contribution is 0.0662. The number of hydrogen-bond donors (Lipinski definition) is 2. The van der Waals surface area contributed by atoms with Gasteiger partial charge in [0.2, 0.25) is 5.88 Å². The van der Waals surface area contributed by atoms with E-state index in [0.717, 1.165) is 16.0 Å². The van der Waals surface area contributed by atoms with Gasteiger partial charge in [-0.25, -0.2) is 0 Å². The molecular weight excluding hydrogens is 506 g/mol. The molecule has 1 aliphatic rings. The molecule has 0 aliphatic carbocycles. The number of nitrogens with one attached hydrogen (secondary N) is 1. The summed E-state index contributed by atoms with van der Waals surface area (Å²) in [6.45, 7) is 5.58. The molecule has 0 atom stereocenters. The van der Waals surface area contributed by atoms with E-state index in [-0.39, 0.29) is 50.2 Å². The van der Waals surface area contributed by atoms with Crippen molar-refractivity contribution in [3.63, 3.8) is 0 Å². The van der Waals surface area contributed by atoms with Crippen LogP contribution in [0.3, 0.4) is 0 Å². The first-order chi connectivity index (χ1) is 16.2. The highest BCUT2D eigenvalue weighted by molar-refractivity contribution is 9.10. The van der Waals surface area contributed by atoms with Gasteiger partial charge >= 0.3 is 0 Å². The highest BCUT2D eigenvalue weighted by Crippen LogP contribution is 2.41. The second-order valence-corrected chi connectivity index (χ2v) is 8.15. The summed E-state index contributed by atoms with van der Waals surface area (Å²) in [6.07, 6.45) is 1.56. The number of rotatable bonds is 7. The second-order valence-electron chi connectivity index (χ2n) is 7.36. The molecule has 0 unspecified atom stereocenters. The molecule has 0 fully saturated rings. The van der Waals surface area contributed by atoms with Crippen LogP contribution in [0.5, 0.6) is 5.88 Å². The van der Waals surface area contributed by atoms with Crippen LogP contribution in [-0.2, 0) is 0 Å². The van der Waals surface area contributed by atoms with Crippen LogP contribution in [0.25, 0.3) is 0 Å². The number of nitriles is 2. The fourth-order valence-corrected chi connectivity index (χ4v) is 4.16. The third-order valence-electron chi connectivity index (χ3n) is 5.34. The third kappa shape index (κ3) is 3.93. The summed E-state index contributed by atoms with van der Waals surface area (Å²) < 4.78 is 0.937. The number of halogens is 1. The number of amides is 2. The Labute approximate surface area is 203 Å². The van der Waals surface area contributed by atoms with E-state index < -0.39 is 23.3 Å². The van der Waals surface area contributed by atoms with Gasteiger partial charge in [-0.15, -0.1) is 10.2 Å². The van der Waals surface area contributed by atoms with Gasteiger partial charge in [-0.3, -0.25) is 19.3 Å². The Kier molecular flexibility index (Phi) is 7.13. The van der Waals surface area contributed by atoms with Crippen LogP contribution >= 0.6 is 15.9 Å². The monoisotopic (exact) mass is 525 g/mol. The van der Waals surface area contributed by atoms with Gasteiger partial charge < -0.3 is 10.5 Å². The van der Waals surface area contributed by atoms with Crippen molar-refractivity contribution in [3.05, 3.63) is 48.7 Å². The van der Waals surface area contributed by atoms with Crippen LogP contribution in [0.1, 0.15) is 64.1 Å². The number of benzene rings is 1. The molecule has 0 saturated carbocycles. The Morgan fingerprint density at radius 1 is 1.12 bits per heavy atom. The SMILES string of the molecule is CCCCNn1c(O)c(/N=N/c2c(C#N)cc3c(c2Br)C(=O)N(CC)C3=O)c(C)c(C#N)c1=O. The average Bonchev–Trinajstić information content (AvgIpc) is 3.06. The van der Waals surface area contributed by atoms with Gasteiger partial charge in [0.1, 0.15) is 23.4 Å². The Bertz CT molecular complexity index is 1380. The molecule has 174 valence electrons. The van der Waals surface area contributed by atoms with Crippen molar-refractivity contribution in [1.82, 2.24) is 9.58 Å². The van der Waals surface area contributed by atoms with Crippen LogP contribution in [0.4, 0.5) is 11.4 Å². The molecule has 2 aromatic rings. The van der Waals surface area contributed by atoms with E-state index in [1.165, 1.54) is 13.0 Å². The fourth-order valence-electron chi connectivity index (χ4n) is 3.49. The van der Waals surface area contributed by atoms with Gasteiger partial charge in [-0.05, 0) is 42.3 Å². The number of aromatic nitrogens is 1. The molecule has 1 aliphatic heterocycles. The van der Waals surface area contributed by atoms with Gasteiger partial charge in [0.15, 0.2) is 5.69 Å². The third-order valence-corrected chi connectivity index (χ3v) is 6.12. The van der Waals surface area contributed by atoms with Crippen molar-refractivity contribution in [2.45, 2.75) is 33.6 Å². The molecular formula is C22H20BrN7O4. The van der Waals surface area contributed by atoms with Gasteiger partial charge in [-0.1, -0.05) is 13.3 Å². The molecule has 0 saturated heterocycles. The highest BCUT2D eigenvalue weighted by atomic mass is 79.9. The number of carbonyl (C=O) groups excluding carboxylic acids is 2. The maximum atomic E-state index is 12.7. The summed E-state index contributed by atoms with van der Waals surface area (Å²) in [6, 6.07) is 5.01. The fraction of sp³-hybridized carbons (Fsp3) is 0.318. The summed E-state index contributed by atoms with van der Waals surface area (Å²) in [7, 11) is 0. The minimum Gasteiger partial charge on any atom is -0.492 e. The molecule has 0 radical (unpaired) electrons. The van der Waals surface area contributed by atoms with E-state index in [9.17, 15) is 30.0 Å². The zero-order valence-electron chi connectivity index (χ0n) is 18.6. The summed E-state index contributed by atoms with van der Waals surface area (Å²) in [5.74, 6) is -1.60. The van der Waals surface area contributed by atoms with Crippen LogP contribution in [0.2, 0.25) is 0 Å². The maximum absolute atomic E-state index is 12.7. The molecule has 0 spiro atoms. The van der Waals surface area contributed by atoms with E-state index in [4.69, 9.17) is 0 Å². The zero-order chi connectivity index (χ0) is 25.2. The number of aromatic hydroxyl groups is 1. The standard InChI is InChI=1S/C22H20BrN7O4/c1-4-6-7-26-30-20(32)14(10-25)11(3)17(22(30)34)27-28-18-12(9-24)8-13-15(16(18)23)21(33)29(5-2)19(13)31/h8,26,34H,4-7H2,1-3H3/b28-27+. The molecule has 1 aromatic heterocycles. The molecule has 0 bridgehead atoms. The number of fused-ring (bicyclic) bond motifs is 1. The average molecular weight is 526 g/mol. The summed E-state index contributed by atoms with van der Waals surface area (Å²) in [5.41, 5.74) is 1.82. The lowest BCUT2D eigenvalue weighted by Crippen LogP contribution is -2.31. The van der Waals surface area contributed by atoms with Crippen molar-refractivity contribution >= 4 is 39.1 Å². The number of nitrogens with zero attached hydrogens (tertiary/aromatic N) is 6. The quantitative estimate of drug-likeness (QED) is 0.315. The molecule has 2 amide bonds. The minimum atomic E-state index is -0.729. The second kappa shape index (κ2) is 9.85. The number of hydrogen-bond acceptors (Lipinski definition) is 9. The van der Waals surface area contributed by atoms with Crippen molar-refractivity contribution in [2.24, 2.45) is 10.2 Å². The first kappa shape index (κ1) is 24.6. The summed E-state index contributed by atoms with van der Waals surface area (Å²) in [4.78, 5) is 38.8. The number of pyridine rings is 1. The molecule has 1 aromatic carbocycles. The predicted octanol–water partition coefficient (Wildman–Crippen LogP) is 3.74. The highest BCUT2D eigenvalue weighted by Gasteiger charge is 2.38. The zero-order valence-corrected chi connectivity index (χ0v) is 20.2. The normalized spacial score (nSPS) is 12.7. The molecule has 34 heavy (non-hydrogen) atoms. The Balaban J connectivity index is 2.19. The predicted molar refractivity (Wildman–Crippen MR) is 125 cm³/mol. The molecule has 2 N–H and O–H groups in total. The van der Waals surface area contributed by atoms with Gasteiger partial charge in [0, 0.05) is 18.7 Å². The minimum absolute atomic E-state index is 0.0273. The lowest BCUT2D eigenvalue weighted by atomic mass is 10.0. The van der Waals surface area contributed by atoms with Crippen molar-refractivity contribution < 1.29 is 14.7 Å². The molecule has 11 nitrogen and oxygen atoms in total. The Morgan fingerprint density at radius 3 is 2.38 bits per heavy atom. The Morgan fingerprint density at radius 2 is 1.79 bits per heavy atom. The molecule has 12 heteroatoms. The first-order valence-corrected chi connectivity index (χ1v) is 11.2. The smallest absolute Gasteiger partial charge is 0.290 e.